The second kappa shape index (κ2) is 6.13. The van der Waals surface area contributed by atoms with Crippen LogP contribution in [0, 0.1) is 5.92 Å². The van der Waals surface area contributed by atoms with E-state index in [2.05, 4.69) is 24.0 Å². The van der Waals surface area contributed by atoms with E-state index in [0.717, 1.165) is 24.8 Å². The van der Waals surface area contributed by atoms with Gasteiger partial charge in [0, 0.05) is 24.8 Å². The first kappa shape index (κ1) is 13.9. The lowest BCUT2D eigenvalue weighted by molar-refractivity contribution is 0.360. The van der Waals surface area contributed by atoms with Crippen molar-refractivity contribution in [2.45, 2.75) is 64.0 Å². The summed E-state index contributed by atoms with van der Waals surface area (Å²) in [5, 5.41) is 0. The molecular weight excluding hydrogens is 246 g/mol. The van der Waals surface area contributed by atoms with Crippen molar-refractivity contribution >= 4 is 5.82 Å². The molecule has 3 heteroatoms. The minimum absolute atomic E-state index is 0.261. The van der Waals surface area contributed by atoms with Crippen LogP contribution < -0.4 is 10.6 Å². The SMILES string of the molecule is CCC(N)Cc1ccc(N2CCCC3CCCC32)nc1. The minimum Gasteiger partial charge on any atom is -0.353 e. The Balaban J connectivity index is 1.70. The molecule has 0 bridgehead atoms. The van der Waals surface area contributed by atoms with E-state index in [-0.39, 0.29) is 6.04 Å². The first-order chi connectivity index (χ1) is 9.78. The van der Waals surface area contributed by atoms with Crippen molar-refractivity contribution in [1.82, 2.24) is 4.98 Å². The predicted octanol–water partition coefficient (Wildman–Crippen LogP) is 3.13. The number of aromatic nitrogens is 1. The molecule has 3 atom stereocenters. The summed E-state index contributed by atoms with van der Waals surface area (Å²) in [5.41, 5.74) is 7.28. The van der Waals surface area contributed by atoms with Gasteiger partial charge in [0.05, 0.1) is 0 Å². The highest BCUT2D eigenvalue weighted by Crippen LogP contribution is 2.38. The minimum atomic E-state index is 0.261. The van der Waals surface area contributed by atoms with Gasteiger partial charge in [-0.25, -0.2) is 4.98 Å². The first-order valence-electron chi connectivity index (χ1n) is 8.25. The molecule has 2 N–H and O–H groups in total. The maximum Gasteiger partial charge on any atom is 0.128 e. The van der Waals surface area contributed by atoms with Crippen LogP contribution in [0.4, 0.5) is 5.82 Å². The third kappa shape index (κ3) is 2.83. The van der Waals surface area contributed by atoms with Crippen molar-refractivity contribution in [3.63, 3.8) is 0 Å². The number of hydrogen-bond donors (Lipinski definition) is 1. The third-order valence-corrected chi connectivity index (χ3v) is 5.12. The summed E-state index contributed by atoms with van der Waals surface area (Å²) in [6.07, 6.45) is 10.9. The highest BCUT2D eigenvalue weighted by molar-refractivity contribution is 5.42. The number of rotatable bonds is 4. The second-order valence-electron chi connectivity index (χ2n) is 6.49. The van der Waals surface area contributed by atoms with Crippen LogP contribution in [0.2, 0.25) is 0 Å². The number of nitrogens with two attached hydrogens (primary N) is 1. The van der Waals surface area contributed by atoms with Crippen molar-refractivity contribution in [3.8, 4) is 0 Å². The van der Waals surface area contributed by atoms with Gasteiger partial charge in [-0.3, -0.25) is 0 Å². The molecule has 1 aliphatic carbocycles. The lowest BCUT2D eigenvalue weighted by atomic mass is 9.92. The lowest BCUT2D eigenvalue weighted by Gasteiger charge is -2.38. The van der Waals surface area contributed by atoms with Gasteiger partial charge in [0.2, 0.25) is 0 Å². The van der Waals surface area contributed by atoms with E-state index in [1.54, 1.807) is 0 Å². The molecule has 1 saturated heterocycles. The van der Waals surface area contributed by atoms with Crippen LogP contribution in [0.1, 0.15) is 51.0 Å². The molecule has 3 nitrogen and oxygen atoms in total. The van der Waals surface area contributed by atoms with Crippen molar-refractivity contribution in [1.29, 1.82) is 0 Å². The average molecular weight is 273 g/mol. The van der Waals surface area contributed by atoms with Crippen molar-refractivity contribution < 1.29 is 0 Å². The molecule has 3 unspecified atom stereocenters. The first-order valence-corrected chi connectivity index (χ1v) is 8.25. The fraction of sp³-hybridized carbons (Fsp3) is 0.706. The van der Waals surface area contributed by atoms with Crippen LogP contribution in [-0.2, 0) is 6.42 Å². The number of anilines is 1. The summed E-state index contributed by atoms with van der Waals surface area (Å²) in [6, 6.07) is 5.44. The van der Waals surface area contributed by atoms with Crippen molar-refractivity contribution in [3.05, 3.63) is 23.9 Å². The highest BCUT2D eigenvalue weighted by atomic mass is 15.2. The van der Waals surface area contributed by atoms with Crippen LogP contribution in [0.3, 0.4) is 0 Å². The molecule has 2 aliphatic rings. The Bertz CT molecular complexity index is 428. The molecule has 20 heavy (non-hydrogen) atoms. The molecule has 1 aromatic rings. The van der Waals surface area contributed by atoms with Crippen LogP contribution in [0.25, 0.3) is 0 Å². The van der Waals surface area contributed by atoms with Gasteiger partial charge in [-0.2, -0.15) is 0 Å². The summed E-state index contributed by atoms with van der Waals surface area (Å²) in [5.74, 6) is 2.09. The molecule has 1 saturated carbocycles. The quantitative estimate of drug-likeness (QED) is 0.916. The Kier molecular flexibility index (Phi) is 4.25. The molecule has 3 rings (SSSR count). The third-order valence-electron chi connectivity index (χ3n) is 5.12. The van der Waals surface area contributed by atoms with Gasteiger partial charge in [-0.15, -0.1) is 0 Å². The molecule has 0 radical (unpaired) electrons. The molecule has 1 aromatic heterocycles. The standard InChI is InChI=1S/C17H27N3/c1-2-15(18)11-13-8-9-17(19-12-13)20-10-4-6-14-5-3-7-16(14)20/h8-9,12,14-16H,2-7,10-11,18H2,1H3. The summed E-state index contributed by atoms with van der Waals surface area (Å²) in [4.78, 5) is 7.28. The number of pyridine rings is 1. The number of piperidine rings is 1. The van der Waals surface area contributed by atoms with E-state index >= 15 is 0 Å². The Morgan fingerprint density at radius 1 is 1.30 bits per heavy atom. The maximum atomic E-state index is 6.02. The highest BCUT2D eigenvalue weighted by Gasteiger charge is 2.35. The number of hydrogen-bond acceptors (Lipinski definition) is 3. The fourth-order valence-electron chi connectivity index (χ4n) is 3.89. The molecule has 0 aromatic carbocycles. The van der Waals surface area contributed by atoms with Gasteiger partial charge in [-0.05, 0) is 56.1 Å². The molecule has 2 heterocycles. The monoisotopic (exact) mass is 273 g/mol. The van der Waals surface area contributed by atoms with Gasteiger partial charge in [0.25, 0.3) is 0 Å². The molecule has 0 amide bonds. The predicted molar refractivity (Wildman–Crippen MR) is 83.9 cm³/mol. The van der Waals surface area contributed by atoms with E-state index in [1.165, 1.54) is 50.0 Å². The van der Waals surface area contributed by atoms with Crippen LogP contribution in [-0.4, -0.2) is 23.6 Å². The summed E-state index contributed by atoms with van der Waals surface area (Å²) < 4.78 is 0. The fourth-order valence-corrected chi connectivity index (χ4v) is 3.89. The van der Waals surface area contributed by atoms with Crippen LogP contribution in [0.5, 0.6) is 0 Å². The van der Waals surface area contributed by atoms with Gasteiger partial charge in [0.1, 0.15) is 5.82 Å². The Morgan fingerprint density at radius 2 is 2.15 bits per heavy atom. The molecule has 0 spiro atoms. The topological polar surface area (TPSA) is 42.1 Å². The Labute approximate surface area is 122 Å². The van der Waals surface area contributed by atoms with E-state index in [4.69, 9.17) is 10.7 Å². The summed E-state index contributed by atoms with van der Waals surface area (Å²) in [6.45, 7) is 3.32. The zero-order valence-electron chi connectivity index (χ0n) is 12.6. The number of nitrogens with zero attached hydrogens (tertiary/aromatic N) is 2. The average Bonchev–Trinajstić information content (AvgIpc) is 2.96. The largest absolute Gasteiger partial charge is 0.353 e. The summed E-state index contributed by atoms with van der Waals surface area (Å²) in [7, 11) is 0. The van der Waals surface area contributed by atoms with E-state index in [0.29, 0.717) is 0 Å². The second-order valence-corrected chi connectivity index (χ2v) is 6.49. The summed E-state index contributed by atoms with van der Waals surface area (Å²) >= 11 is 0. The maximum absolute atomic E-state index is 6.02. The molecular formula is C17H27N3. The molecule has 2 fully saturated rings. The number of fused-ring (bicyclic) bond motifs is 1. The zero-order chi connectivity index (χ0) is 13.9. The van der Waals surface area contributed by atoms with E-state index in [1.807, 2.05) is 6.20 Å². The van der Waals surface area contributed by atoms with Crippen molar-refractivity contribution in [2.75, 3.05) is 11.4 Å². The van der Waals surface area contributed by atoms with Gasteiger partial charge >= 0.3 is 0 Å². The molecule has 110 valence electrons. The zero-order valence-corrected chi connectivity index (χ0v) is 12.6. The van der Waals surface area contributed by atoms with Gasteiger partial charge in [0.15, 0.2) is 0 Å². The Hall–Kier alpha value is -1.09. The Morgan fingerprint density at radius 3 is 2.90 bits per heavy atom. The smallest absolute Gasteiger partial charge is 0.128 e. The van der Waals surface area contributed by atoms with Crippen LogP contribution in [0.15, 0.2) is 18.3 Å². The normalized spacial score (nSPS) is 27.4. The van der Waals surface area contributed by atoms with E-state index in [9.17, 15) is 0 Å². The van der Waals surface area contributed by atoms with E-state index < -0.39 is 0 Å². The van der Waals surface area contributed by atoms with Gasteiger partial charge < -0.3 is 10.6 Å². The lowest BCUT2D eigenvalue weighted by Crippen LogP contribution is -2.43. The van der Waals surface area contributed by atoms with Crippen LogP contribution >= 0.6 is 0 Å². The van der Waals surface area contributed by atoms with Crippen molar-refractivity contribution in [2.24, 2.45) is 11.7 Å². The van der Waals surface area contributed by atoms with Gasteiger partial charge in [-0.1, -0.05) is 19.4 Å². The molecule has 1 aliphatic heterocycles.